The van der Waals surface area contributed by atoms with Gasteiger partial charge in [0.2, 0.25) is 0 Å². The molecule has 0 radical (unpaired) electrons. The van der Waals surface area contributed by atoms with E-state index >= 15 is 0 Å². The molecule has 0 bridgehead atoms. The minimum atomic E-state index is -0.0522. The van der Waals surface area contributed by atoms with Gasteiger partial charge in [-0.15, -0.1) is 0 Å². The maximum Gasteiger partial charge on any atom is 0.255 e. The minimum Gasteiger partial charge on any atom is -0.399 e. The first-order valence-electron chi connectivity index (χ1n) is 7.39. The van der Waals surface area contributed by atoms with Gasteiger partial charge in [-0.25, -0.2) is 0 Å². The number of hydrogen-bond donors (Lipinski definition) is 1. The molecule has 1 saturated heterocycles. The lowest BCUT2D eigenvalue weighted by Gasteiger charge is -2.36. The van der Waals surface area contributed by atoms with Gasteiger partial charge in [0.25, 0.3) is 5.91 Å². The van der Waals surface area contributed by atoms with Crippen LogP contribution in [0.4, 0.5) is 11.4 Å². The zero-order valence-corrected chi connectivity index (χ0v) is 14.0. The summed E-state index contributed by atoms with van der Waals surface area (Å²) in [4.78, 5) is 16.6. The van der Waals surface area contributed by atoms with Gasteiger partial charge in [0, 0.05) is 42.6 Å². The highest BCUT2D eigenvalue weighted by Gasteiger charge is 2.23. The molecule has 1 heterocycles. The zero-order valence-electron chi connectivity index (χ0n) is 12.5. The second kappa shape index (κ2) is 6.69. The first kappa shape index (κ1) is 16.0. The van der Waals surface area contributed by atoms with Crippen LogP contribution >= 0.6 is 23.2 Å². The highest BCUT2D eigenvalue weighted by atomic mass is 35.5. The maximum atomic E-state index is 12.6. The maximum absolute atomic E-state index is 12.6. The van der Waals surface area contributed by atoms with Gasteiger partial charge < -0.3 is 15.5 Å². The molecule has 0 spiro atoms. The molecule has 120 valence electrons. The molecule has 0 saturated carbocycles. The van der Waals surface area contributed by atoms with E-state index in [-0.39, 0.29) is 5.91 Å². The molecule has 1 amide bonds. The van der Waals surface area contributed by atoms with E-state index in [0.717, 1.165) is 24.5 Å². The molecule has 6 heteroatoms. The van der Waals surface area contributed by atoms with Crippen LogP contribution in [0, 0.1) is 0 Å². The van der Waals surface area contributed by atoms with Crippen molar-refractivity contribution in [3.63, 3.8) is 0 Å². The Morgan fingerprint density at radius 1 is 0.957 bits per heavy atom. The lowest BCUT2D eigenvalue weighted by atomic mass is 10.1. The summed E-state index contributed by atoms with van der Waals surface area (Å²) in [6, 6.07) is 12.7. The first-order chi connectivity index (χ1) is 11.0. The van der Waals surface area contributed by atoms with E-state index in [9.17, 15) is 4.79 Å². The Kier molecular flexibility index (Phi) is 4.64. The molecule has 0 unspecified atom stereocenters. The molecule has 1 fully saturated rings. The predicted octanol–water partition coefficient (Wildman–Crippen LogP) is 3.54. The minimum absolute atomic E-state index is 0.0522. The third-order valence-electron chi connectivity index (χ3n) is 3.99. The van der Waals surface area contributed by atoms with Crippen LogP contribution in [0.3, 0.4) is 0 Å². The lowest BCUT2D eigenvalue weighted by Crippen LogP contribution is -2.48. The van der Waals surface area contributed by atoms with Gasteiger partial charge in [-0.1, -0.05) is 23.2 Å². The third-order valence-corrected chi connectivity index (χ3v) is 4.53. The highest BCUT2D eigenvalue weighted by Crippen LogP contribution is 2.24. The van der Waals surface area contributed by atoms with Gasteiger partial charge >= 0.3 is 0 Å². The summed E-state index contributed by atoms with van der Waals surface area (Å²) in [5, 5.41) is 0.920. The summed E-state index contributed by atoms with van der Waals surface area (Å²) in [7, 11) is 0. The molecular formula is C17H17Cl2N3O. The van der Waals surface area contributed by atoms with Crippen molar-refractivity contribution in [3.8, 4) is 0 Å². The SMILES string of the molecule is Nc1ccc(N2CCN(C(=O)c3ccc(Cl)cc3Cl)CC2)cc1. The van der Waals surface area contributed by atoms with Gasteiger partial charge in [-0.3, -0.25) is 4.79 Å². The van der Waals surface area contributed by atoms with E-state index in [1.54, 1.807) is 18.2 Å². The summed E-state index contributed by atoms with van der Waals surface area (Å²) >= 11 is 12.0. The largest absolute Gasteiger partial charge is 0.399 e. The number of carbonyl (C=O) groups is 1. The van der Waals surface area contributed by atoms with Crippen LogP contribution in [0.15, 0.2) is 42.5 Å². The zero-order chi connectivity index (χ0) is 16.4. The molecule has 2 aromatic rings. The van der Waals surface area contributed by atoms with Crippen LogP contribution in [0.1, 0.15) is 10.4 Å². The van der Waals surface area contributed by atoms with Crippen molar-refractivity contribution in [3.05, 3.63) is 58.1 Å². The first-order valence-corrected chi connectivity index (χ1v) is 8.15. The number of hydrogen-bond acceptors (Lipinski definition) is 3. The van der Waals surface area contributed by atoms with E-state index in [4.69, 9.17) is 28.9 Å². The number of amides is 1. The van der Waals surface area contributed by atoms with Gasteiger partial charge in [0.1, 0.15) is 0 Å². The van der Waals surface area contributed by atoms with Crippen molar-refractivity contribution >= 4 is 40.5 Å². The Morgan fingerprint density at radius 3 is 2.22 bits per heavy atom. The Balaban J connectivity index is 1.66. The normalized spacial score (nSPS) is 14.9. The molecule has 0 aliphatic carbocycles. The quantitative estimate of drug-likeness (QED) is 0.843. The van der Waals surface area contributed by atoms with E-state index in [1.807, 2.05) is 29.2 Å². The Hall–Kier alpha value is -1.91. The second-order valence-corrected chi connectivity index (χ2v) is 6.34. The molecule has 1 aliphatic rings. The van der Waals surface area contributed by atoms with Crippen LogP contribution in [-0.2, 0) is 0 Å². The second-order valence-electron chi connectivity index (χ2n) is 5.49. The molecule has 2 aromatic carbocycles. The molecule has 4 nitrogen and oxygen atoms in total. The van der Waals surface area contributed by atoms with Crippen LogP contribution in [0.25, 0.3) is 0 Å². The van der Waals surface area contributed by atoms with Crippen molar-refractivity contribution in [2.45, 2.75) is 0 Å². The Morgan fingerprint density at radius 2 is 1.61 bits per heavy atom. The number of rotatable bonds is 2. The monoisotopic (exact) mass is 349 g/mol. The van der Waals surface area contributed by atoms with Gasteiger partial charge in [0.15, 0.2) is 0 Å². The van der Waals surface area contributed by atoms with Gasteiger partial charge in [-0.05, 0) is 42.5 Å². The molecule has 23 heavy (non-hydrogen) atoms. The van der Waals surface area contributed by atoms with Gasteiger partial charge in [-0.2, -0.15) is 0 Å². The van der Waals surface area contributed by atoms with Crippen LogP contribution in [0.2, 0.25) is 10.0 Å². The molecule has 0 atom stereocenters. The number of piperazine rings is 1. The number of halogens is 2. The summed E-state index contributed by atoms with van der Waals surface area (Å²) in [6.45, 7) is 2.87. The fourth-order valence-electron chi connectivity index (χ4n) is 2.69. The summed E-state index contributed by atoms with van der Waals surface area (Å²) in [6.07, 6.45) is 0. The average Bonchev–Trinajstić information content (AvgIpc) is 2.55. The van der Waals surface area contributed by atoms with Gasteiger partial charge in [0.05, 0.1) is 10.6 Å². The van der Waals surface area contributed by atoms with Crippen molar-refractivity contribution in [2.24, 2.45) is 0 Å². The molecule has 0 aromatic heterocycles. The third kappa shape index (κ3) is 3.54. The highest BCUT2D eigenvalue weighted by molar-refractivity contribution is 6.36. The average molecular weight is 350 g/mol. The number of nitrogens with two attached hydrogens (primary N) is 1. The van der Waals surface area contributed by atoms with Crippen molar-refractivity contribution in [2.75, 3.05) is 36.8 Å². The Labute approximate surface area is 145 Å². The van der Waals surface area contributed by atoms with Crippen LogP contribution in [-0.4, -0.2) is 37.0 Å². The number of nitrogens with zero attached hydrogens (tertiary/aromatic N) is 2. The van der Waals surface area contributed by atoms with E-state index in [2.05, 4.69) is 4.90 Å². The fourth-order valence-corrected chi connectivity index (χ4v) is 3.18. The number of anilines is 2. The van der Waals surface area contributed by atoms with Crippen LogP contribution < -0.4 is 10.6 Å². The summed E-state index contributed by atoms with van der Waals surface area (Å²) in [5.74, 6) is -0.0522. The predicted molar refractivity (Wildman–Crippen MR) is 95.4 cm³/mol. The molecule has 2 N–H and O–H groups in total. The summed E-state index contributed by atoms with van der Waals surface area (Å²) in [5.41, 5.74) is 8.08. The lowest BCUT2D eigenvalue weighted by molar-refractivity contribution is 0.0747. The van der Waals surface area contributed by atoms with E-state index < -0.39 is 0 Å². The van der Waals surface area contributed by atoms with Crippen LogP contribution in [0.5, 0.6) is 0 Å². The molecular weight excluding hydrogens is 333 g/mol. The smallest absolute Gasteiger partial charge is 0.255 e. The summed E-state index contributed by atoms with van der Waals surface area (Å²) < 4.78 is 0. The number of benzene rings is 2. The van der Waals surface area contributed by atoms with Crippen molar-refractivity contribution in [1.29, 1.82) is 0 Å². The molecule has 3 rings (SSSR count). The topological polar surface area (TPSA) is 49.6 Å². The number of carbonyl (C=O) groups excluding carboxylic acids is 1. The van der Waals surface area contributed by atoms with Crippen molar-refractivity contribution < 1.29 is 4.79 Å². The van der Waals surface area contributed by atoms with E-state index in [1.165, 1.54) is 0 Å². The van der Waals surface area contributed by atoms with E-state index in [0.29, 0.717) is 28.7 Å². The number of nitrogen functional groups attached to an aromatic ring is 1. The standard InChI is InChI=1S/C17H17Cl2N3O/c18-12-1-6-15(16(19)11-12)17(23)22-9-7-21(8-10-22)14-4-2-13(20)3-5-14/h1-6,11H,7-10,20H2. The molecule has 1 aliphatic heterocycles. The Bertz CT molecular complexity index is 710. The van der Waals surface area contributed by atoms with Crippen molar-refractivity contribution in [1.82, 2.24) is 4.90 Å². The fraction of sp³-hybridized carbons (Fsp3) is 0.235.